The highest BCUT2D eigenvalue weighted by Gasteiger charge is 2.40. The van der Waals surface area contributed by atoms with E-state index in [2.05, 4.69) is 0 Å². The minimum Gasteiger partial charge on any atom is -0.389 e. The van der Waals surface area contributed by atoms with Crippen molar-refractivity contribution in [3.05, 3.63) is 76.6 Å². The molecule has 2 aromatic carbocycles. The highest BCUT2D eigenvalue weighted by atomic mass is 19.4. The van der Waals surface area contributed by atoms with Gasteiger partial charge in [0.25, 0.3) is 0 Å². The Morgan fingerprint density at radius 3 is 2.10 bits per heavy atom. The average Bonchev–Trinajstić information content (AvgIpc) is 2.90. The van der Waals surface area contributed by atoms with Gasteiger partial charge in [-0.05, 0) is 86.2 Å². The number of alkyl halides is 3. The van der Waals surface area contributed by atoms with Crippen molar-refractivity contribution in [2.45, 2.75) is 49.5 Å². The van der Waals surface area contributed by atoms with Crippen LogP contribution in [0.2, 0.25) is 0 Å². The van der Waals surface area contributed by atoms with E-state index < -0.39 is 46.8 Å². The Morgan fingerprint density at radius 1 is 1.00 bits per heavy atom. The highest BCUT2D eigenvalue weighted by molar-refractivity contribution is 5.91. The molecule has 2 aromatic rings. The molecule has 2 aliphatic heterocycles. The molecule has 0 aromatic heterocycles. The van der Waals surface area contributed by atoms with Crippen LogP contribution in [0.3, 0.4) is 0 Å². The highest BCUT2D eigenvalue weighted by Crippen LogP contribution is 2.34. The average molecular weight is 557 g/mol. The molecule has 1 amide bonds. The van der Waals surface area contributed by atoms with Crippen molar-refractivity contribution >= 4 is 12.0 Å². The maximum atomic E-state index is 13.4. The number of likely N-dealkylation sites (tertiary alicyclic amines) is 2. The number of halogens is 6. The van der Waals surface area contributed by atoms with Gasteiger partial charge >= 0.3 is 6.18 Å². The molecule has 1 unspecified atom stereocenters. The van der Waals surface area contributed by atoms with Gasteiger partial charge in [0.2, 0.25) is 5.91 Å². The molecule has 2 saturated heterocycles. The number of amides is 1. The van der Waals surface area contributed by atoms with Crippen molar-refractivity contribution in [3.8, 4) is 0 Å². The molecule has 2 heterocycles. The van der Waals surface area contributed by atoms with Crippen molar-refractivity contribution in [3.63, 3.8) is 0 Å². The third kappa shape index (κ3) is 7.01. The number of hydrogen-bond acceptors (Lipinski definition) is 4. The van der Waals surface area contributed by atoms with Gasteiger partial charge in [0.05, 0.1) is 17.3 Å². The molecule has 0 aliphatic carbocycles. The first-order valence-corrected chi connectivity index (χ1v) is 12.8. The van der Waals surface area contributed by atoms with Gasteiger partial charge in [-0.2, -0.15) is 13.2 Å². The molecule has 0 spiro atoms. The van der Waals surface area contributed by atoms with Crippen LogP contribution in [-0.2, 0) is 11.0 Å². The van der Waals surface area contributed by atoms with Gasteiger partial charge in [-0.25, -0.2) is 13.2 Å². The van der Waals surface area contributed by atoms with Crippen molar-refractivity contribution in [1.29, 1.82) is 0 Å². The number of hydrogen-bond donors (Lipinski definition) is 2. The lowest BCUT2D eigenvalue weighted by atomic mass is 9.84. The summed E-state index contributed by atoms with van der Waals surface area (Å²) in [6.07, 6.45) is -1.43. The zero-order valence-corrected chi connectivity index (χ0v) is 21.1. The van der Waals surface area contributed by atoms with E-state index in [1.54, 1.807) is 0 Å². The van der Waals surface area contributed by atoms with Crippen LogP contribution in [0.1, 0.15) is 48.3 Å². The topological polar surface area (TPSA) is 64.0 Å². The standard InChI is InChI=1S/C28H30F6N2O3/c29-22-15-18(16-23(30)26(22)31)1-6-25(38)36-13-9-27(39,10-14-36)24(37)17-35-11-7-20(8-12-35)19-2-4-21(5-3-19)28(32,33)34/h1-6,15-16,20,24,37,39H,7-14,17H2. The molecule has 1 atom stereocenters. The third-order valence-electron chi connectivity index (χ3n) is 7.71. The minimum atomic E-state index is -4.37. The predicted octanol–water partition coefficient (Wildman–Crippen LogP) is 4.73. The van der Waals surface area contributed by atoms with E-state index in [9.17, 15) is 41.4 Å². The van der Waals surface area contributed by atoms with Crippen molar-refractivity contribution in [2.24, 2.45) is 0 Å². The first kappa shape index (κ1) is 29.1. The molecule has 39 heavy (non-hydrogen) atoms. The number of piperidine rings is 2. The van der Waals surface area contributed by atoms with Gasteiger partial charge in [0, 0.05) is 25.7 Å². The van der Waals surface area contributed by atoms with Gasteiger partial charge in [0.15, 0.2) is 17.5 Å². The maximum absolute atomic E-state index is 13.4. The Balaban J connectivity index is 1.24. The van der Waals surface area contributed by atoms with Gasteiger partial charge < -0.3 is 20.0 Å². The van der Waals surface area contributed by atoms with E-state index in [0.29, 0.717) is 25.9 Å². The first-order chi connectivity index (χ1) is 18.4. The summed E-state index contributed by atoms with van der Waals surface area (Å²) in [5, 5.41) is 21.9. The van der Waals surface area contributed by atoms with Crippen molar-refractivity contribution in [2.75, 3.05) is 32.7 Å². The lowest BCUT2D eigenvalue weighted by molar-refractivity contribution is -0.140. The Bertz CT molecular complexity index is 1160. The number of carbonyl (C=O) groups is 1. The Hall–Kier alpha value is -2.89. The molecular formula is C28H30F6N2O3. The number of benzene rings is 2. The Labute approximate surface area is 222 Å². The summed E-state index contributed by atoms with van der Waals surface area (Å²) in [6, 6.07) is 6.77. The summed E-state index contributed by atoms with van der Waals surface area (Å²) in [4.78, 5) is 16.0. The third-order valence-corrected chi connectivity index (χ3v) is 7.71. The van der Waals surface area contributed by atoms with Crippen LogP contribution in [0, 0.1) is 17.5 Å². The summed E-state index contributed by atoms with van der Waals surface area (Å²) in [6.45, 7) is 1.81. The number of β-amino-alcohol motifs (C(OH)–C–C–N with tert-alkyl or cyclic N) is 1. The zero-order chi connectivity index (χ0) is 28.4. The zero-order valence-electron chi connectivity index (χ0n) is 21.1. The van der Waals surface area contributed by atoms with Gasteiger partial charge in [-0.15, -0.1) is 0 Å². The summed E-state index contributed by atoms with van der Waals surface area (Å²) in [5.41, 5.74) is -1.23. The fraction of sp³-hybridized carbons (Fsp3) is 0.464. The Morgan fingerprint density at radius 2 is 1.56 bits per heavy atom. The molecule has 5 nitrogen and oxygen atoms in total. The molecule has 4 rings (SSSR count). The molecule has 11 heteroatoms. The second-order valence-corrected chi connectivity index (χ2v) is 10.3. The number of rotatable bonds is 6. The van der Waals surface area contributed by atoms with Crippen LogP contribution in [0.25, 0.3) is 6.08 Å². The first-order valence-electron chi connectivity index (χ1n) is 12.8. The number of nitrogens with zero attached hydrogens (tertiary/aromatic N) is 2. The molecule has 0 radical (unpaired) electrons. The summed E-state index contributed by atoms with van der Waals surface area (Å²) < 4.78 is 78.2. The molecule has 212 valence electrons. The number of aliphatic hydroxyl groups is 2. The molecule has 2 N–H and O–H groups in total. The Kier molecular flexibility index (Phi) is 8.72. The molecule has 2 aliphatic rings. The fourth-order valence-corrected chi connectivity index (χ4v) is 5.20. The molecule has 2 fully saturated rings. The van der Waals surface area contributed by atoms with E-state index in [4.69, 9.17) is 0 Å². The minimum absolute atomic E-state index is 0.00854. The van der Waals surface area contributed by atoms with E-state index >= 15 is 0 Å². The number of carbonyl (C=O) groups excluding carboxylic acids is 1. The predicted molar refractivity (Wildman–Crippen MR) is 132 cm³/mol. The van der Waals surface area contributed by atoms with E-state index in [1.165, 1.54) is 23.1 Å². The summed E-state index contributed by atoms with van der Waals surface area (Å²) in [7, 11) is 0. The fourth-order valence-electron chi connectivity index (χ4n) is 5.20. The SMILES string of the molecule is O=C(C=Cc1cc(F)c(F)c(F)c1)N1CCC(O)(C(O)CN2CCC(c3ccc(C(F)(F)F)cc3)CC2)CC1. The summed E-state index contributed by atoms with van der Waals surface area (Å²) >= 11 is 0. The maximum Gasteiger partial charge on any atom is 0.416 e. The second-order valence-electron chi connectivity index (χ2n) is 10.3. The largest absolute Gasteiger partial charge is 0.416 e. The molecule has 0 bridgehead atoms. The lowest BCUT2D eigenvalue weighted by Crippen LogP contribution is -2.56. The molecule has 0 saturated carbocycles. The van der Waals surface area contributed by atoms with Crippen LogP contribution >= 0.6 is 0 Å². The van der Waals surface area contributed by atoms with Crippen LogP contribution < -0.4 is 0 Å². The quantitative estimate of drug-likeness (QED) is 0.307. The normalized spacial score (nSPS) is 19.9. The monoisotopic (exact) mass is 556 g/mol. The molecular weight excluding hydrogens is 526 g/mol. The van der Waals surface area contributed by atoms with Crippen LogP contribution in [-0.4, -0.2) is 70.3 Å². The van der Waals surface area contributed by atoms with E-state index in [-0.39, 0.29) is 44.0 Å². The second kappa shape index (κ2) is 11.7. The number of aliphatic hydroxyl groups excluding tert-OH is 1. The van der Waals surface area contributed by atoms with Gasteiger partial charge in [-0.3, -0.25) is 4.79 Å². The summed E-state index contributed by atoms with van der Waals surface area (Å²) in [5.74, 6) is -4.63. The smallest absolute Gasteiger partial charge is 0.389 e. The van der Waals surface area contributed by atoms with Crippen LogP contribution in [0.5, 0.6) is 0 Å². The van der Waals surface area contributed by atoms with Gasteiger partial charge in [-0.1, -0.05) is 12.1 Å². The van der Waals surface area contributed by atoms with Crippen molar-refractivity contribution < 1.29 is 41.4 Å². The van der Waals surface area contributed by atoms with Gasteiger partial charge in [0.1, 0.15) is 0 Å². The lowest BCUT2D eigenvalue weighted by Gasteiger charge is -2.43. The van der Waals surface area contributed by atoms with E-state index in [0.717, 1.165) is 35.9 Å². The van der Waals surface area contributed by atoms with E-state index in [1.807, 2.05) is 4.90 Å². The van der Waals surface area contributed by atoms with Crippen molar-refractivity contribution in [1.82, 2.24) is 9.80 Å². The van der Waals surface area contributed by atoms with Crippen LogP contribution in [0.15, 0.2) is 42.5 Å². The van der Waals surface area contributed by atoms with Crippen LogP contribution in [0.4, 0.5) is 26.3 Å².